The van der Waals surface area contributed by atoms with Gasteiger partial charge in [-0.2, -0.15) is 0 Å². The quantitative estimate of drug-likeness (QED) is 0.558. The van der Waals surface area contributed by atoms with Crippen molar-refractivity contribution in [2.45, 2.75) is 45.6 Å². The van der Waals surface area contributed by atoms with Crippen molar-refractivity contribution in [2.75, 3.05) is 11.9 Å². The molecule has 0 bridgehead atoms. The zero-order chi connectivity index (χ0) is 20.1. The van der Waals surface area contributed by atoms with Crippen LogP contribution < -0.4 is 10.6 Å². The maximum atomic E-state index is 12.8. The highest BCUT2D eigenvalue weighted by Crippen LogP contribution is 2.33. The molecule has 1 aliphatic carbocycles. The standard InChI is InChI=1S/C22H25N5OS/c1-15-18-20(25-13-17-9-5-6-11-23-17)26-14-27-22(18)29-19(15)21(28)24-12-10-16-7-3-2-4-8-16/h5-7,9,11,14H,2-4,8,10,12-13H2,1H3,(H,24,28)(H,25,26,27). The summed E-state index contributed by atoms with van der Waals surface area (Å²) >= 11 is 1.42. The molecule has 7 heteroatoms. The lowest BCUT2D eigenvalue weighted by atomic mass is 9.97. The van der Waals surface area contributed by atoms with Crippen molar-refractivity contribution in [1.29, 1.82) is 0 Å². The van der Waals surface area contributed by atoms with Gasteiger partial charge in [-0.05, 0) is 56.7 Å². The van der Waals surface area contributed by atoms with Gasteiger partial charge in [-0.1, -0.05) is 17.7 Å². The van der Waals surface area contributed by atoms with Crippen molar-refractivity contribution < 1.29 is 4.79 Å². The number of aryl methyl sites for hydroxylation is 1. The molecule has 1 amide bonds. The Kier molecular flexibility index (Phi) is 6.14. The smallest absolute Gasteiger partial charge is 0.261 e. The Balaban J connectivity index is 1.46. The van der Waals surface area contributed by atoms with Crippen molar-refractivity contribution >= 4 is 33.3 Å². The van der Waals surface area contributed by atoms with Gasteiger partial charge in [0, 0.05) is 12.7 Å². The number of nitrogens with zero attached hydrogens (tertiary/aromatic N) is 3. The molecule has 29 heavy (non-hydrogen) atoms. The van der Waals surface area contributed by atoms with E-state index in [1.165, 1.54) is 48.9 Å². The summed E-state index contributed by atoms with van der Waals surface area (Å²) in [7, 11) is 0. The summed E-state index contributed by atoms with van der Waals surface area (Å²) in [6.45, 7) is 3.21. The number of anilines is 1. The summed E-state index contributed by atoms with van der Waals surface area (Å²) in [5.74, 6) is 0.707. The molecule has 0 unspecified atom stereocenters. The molecule has 0 radical (unpaired) electrons. The average Bonchev–Trinajstić information content (AvgIpc) is 3.11. The maximum absolute atomic E-state index is 12.8. The minimum atomic E-state index is -0.0300. The maximum Gasteiger partial charge on any atom is 0.261 e. The number of carbonyl (C=O) groups is 1. The van der Waals surface area contributed by atoms with Gasteiger partial charge in [0.05, 0.1) is 22.5 Å². The number of allylic oxidation sites excluding steroid dienone is 1. The number of hydrogen-bond acceptors (Lipinski definition) is 6. The topological polar surface area (TPSA) is 79.8 Å². The van der Waals surface area contributed by atoms with E-state index in [1.807, 2.05) is 25.1 Å². The van der Waals surface area contributed by atoms with Crippen molar-refractivity contribution in [3.8, 4) is 0 Å². The Morgan fingerprint density at radius 3 is 2.93 bits per heavy atom. The number of thiophene rings is 1. The van der Waals surface area contributed by atoms with Crippen LogP contribution in [0.3, 0.4) is 0 Å². The van der Waals surface area contributed by atoms with E-state index in [0.717, 1.165) is 33.7 Å². The van der Waals surface area contributed by atoms with Crippen LogP contribution in [0.15, 0.2) is 42.4 Å². The summed E-state index contributed by atoms with van der Waals surface area (Å²) in [6, 6.07) is 5.82. The first-order valence-electron chi connectivity index (χ1n) is 10.1. The fourth-order valence-electron chi connectivity index (χ4n) is 3.65. The Morgan fingerprint density at radius 1 is 1.21 bits per heavy atom. The van der Waals surface area contributed by atoms with Crippen LogP contribution in [0.25, 0.3) is 10.2 Å². The van der Waals surface area contributed by atoms with E-state index in [1.54, 1.807) is 6.20 Å². The van der Waals surface area contributed by atoms with Gasteiger partial charge in [-0.3, -0.25) is 9.78 Å². The second-order valence-electron chi connectivity index (χ2n) is 7.25. The van der Waals surface area contributed by atoms with Gasteiger partial charge < -0.3 is 10.6 Å². The largest absolute Gasteiger partial charge is 0.364 e. The Bertz CT molecular complexity index is 1030. The van der Waals surface area contributed by atoms with Crippen LogP contribution in [0.2, 0.25) is 0 Å². The van der Waals surface area contributed by atoms with Gasteiger partial charge in [0.2, 0.25) is 0 Å². The molecular formula is C22H25N5OS. The van der Waals surface area contributed by atoms with E-state index in [4.69, 9.17) is 0 Å². The van der Waals surface area contributed by atoms with Gasteiger partial charge in [0.25, 0.3) is 5.91 Å². The number of pyridine rings is 1. The van der Waals surface area contributed by atoms with Gasteiger partial charge >= 0.3 is 0 Å². The molecular weight excluding hydrogens is 382 g/mol. The molecule has 3 aromatic rings. The summed E-state index contributed by atoms with van der Waals surface area (Å²) < 4.78 is 0. The fraction of sp³-hybridized carbons (Fsp3) is 0.364. The van der Waals surface area contributed by atoms with E-state index in [9.17, 15) is 4.79 Å². The molecule has 0 atom stereocenters. The van der Waals surface area contributed by atoms with Gasteiger partial charge in [-0.25, -0.2) is 9.97 Å². The normalized spacial score (nSPS) is 13.9. The number of aromatic nitrogens is 3. The zero-order valence-electron chi connectivity index (χ0n) is 16.6. The molecule has 4 rings (SSSR count). The number of rotatable bonds is 7. The third-order valence-corrected chi connectivity index (χ3v) is 6.41. The highest BCUT2D eigenvalue weighted by molar-refractivity contribution is 7.20. The second kappa shape index (κ2) is 9.13. The number of hydrogen-bond donors (Lipinski definition) is 2. The van der Waals surface area contributed by atoms with Gasteiger partial charge in [0.15, 0.2) is 0 Å². The van der Waals surface area contributed by atoms with Crippen LogP contribution in [0, 0.1) is 6.92 Å². The molecule has 0 spiro atoms. The lowest BCUT2D eigenvalue weighted by Gasteiger charge is -2.12. The zero-order valence-corrected chi connectivity index (χ0v) is 17.4. The molecule has 0 saturated carbocycles. The van der Waals surface area contributed by atoms with Crippen LogP contribution in [0.4, 0.5) is 5.82 Å². The van der Waals surface area contributed by atoms with Crippen LogP contribution in [0.5, 0.6) is 0 Å². The third kappa shape index (κ3) is 4.62. The molecule has 3 heterocycles. The number of carbonyl (C=O) groups excluding carboxylic acids is 1. The van der Waals surface area contributed by atoms with E-state index in [-0.39, 0.29) is 5.91 Å². The lowest BCUT2D eigenvalue weighted by molar-refractivity contribution is 0.0957. The molecule has 6 nitrogen and oxygen atoms in total. The molecule has 2 N–H and O–H groups in total. The van der Waals surface area contributed by atoms with Crippen molar-refractivity contribution in [1.82, 2.24) is 20.3 Å². The van der Waals surface area contributed by atoms with Crippen molar-refractivity contribution in [2.24, 2.45) is 0 Å². The van der Waals surface area contributed by atoms with E-state index < -0.39 is 0 Å². The molecule has 150 valence electrons. The first-order valence-corrected chi connectivity index (χ1v) is 10.9. The number of fused-ring (bicyclic) bond motifs is 1. The van der Waals surface area contributed by atoms with Crippen LogP contribution in [0.1, 0.15) is 53.0 Å². The summed E-state index contributed by atoms with van der Waals surface area (Å²) in [5.41, 5.74) is 3.32. The Labute approximate surface area is 174 Å². The van der Waals surface area contributed by atoms with Crippen LogP contribution >= 0.6 is 11.3 Å². The van der Waals surface area contributed by atoms with E-state index in [2.05, 4.69) is 31.7 Å². The first kappa shape index (κ1) is 19.5. The summed E-state index contributed by atoms with van der Waals surface area (Å²) in [4.78, 5) is 27.4. The minimum absolute atomic E-state index is 0.0300. The molecule has 0 aliphatic heterocycles. The van der Waals surface area contributed by atoms with Crippen LogP contribution in [-0.2, 0) is 6.54 Å². The fourth-order valence-corrected chi connectivity index (χ4v) is 4.71. The predicted octanol–water partition coefficient (Wildman–Crippen LogP) is 4.63. The van der Waals surface area contributed by atoms with Crippen LogP contribution in [-0.4, -0.2) is 27.4 Å². The van der Waals surface area contributed by atoms with Gasteiger partial charge in [-0.15, -0.1) is 11.3 Å². The number of nitrogens with one attached hydrogen (secondary N) is 2. The average molecular weight is 408 g/mol. The predicted molar refractivity (Wildman–Crippen MR) is 117 cm³/mol. The molecule has 1 aliphatic rings. The Hall–Kier alpha value is -2.80. The van der Waals surface area contributed by atoms with Gasteiger partial charge in [0.1, 0.15) is 17.0 Å². The van der Waals surface area contributed by atoms with E-state index >= 15 is 0 Å². The highest BCUT2D eigenvalue weighted by Gasteiger charge is 2.19. The second-order valence-corrected chi connectivity index (χ2v) is 8.25. The monoisotopic (exact) mass is 407 g/mol. The van der Waals surface area contributed by atoms with Crippen molar-refractivity contribution in [3.63, 3.8) is 0 Å². The summed E-state index contributed by atoms with van der Waals surface area (Å²) in [5, 5.41) is 7.33. The summed E-state index contributed by atoms with van der Waals surface area (Å²) in [6.07, 6.45) is 11.5. The molecule has 0 fully saturated rings. The third-order valence-electron chi connectivity index (χ3n) is 5.21. The highest BCUT2D eigenvalue weighted by atomic mass is 32.1. The first-order chi connectivity index (χ1) is 14.2. The SMILES string of the molecule is Cc1c(C(=O)NCCC2=CCCCC2)sc2ncnc(NCc3ccccn3)c12. The molecule has 0 aromatic carbocycles. The van der Waals surface area contributed by atoms with E-state index in [0.29, 0.717) is 18.0 Å². The Morgan fingerprint density at radius 2 is 2.14 bits per heavy atom. The lowest BCUT2D eigenvalue weighted by Crippen LogP contribution is -2.24. The molecule has 3 aromatic heterocycles. The number of amides is 1. The minimum Gasteiger partial charge on any atom is -0.364 e. The van der Waals surface area contributed by atoms with Crippen molar-refractivity contribution in [3.05, 3.63) is 58.5 Å². The molecule has 0 saturated heterocycles.